The summed E-state index contributed by atoms with van der Waals surface area (Å²) in [6.45, 7) is 2.70. The van der Waals surface area contributed by atoms with E-state index in [9.17, 15) is 4.79 Å². The smallest absolute Gasteiger partial charge is 0.142 e. The Morgan fingerprint density at radius 3 is 3.17 bits per heavy atom. The largest absolute Gasteiger partial charge is 0.330 e. The number of Topliss-reactive ketones (excluding diaryl/α,β-unsaturated/α-hetero) is 1. The van der Waals surface area contributed by atoms with Gasteiger partial charge in [-0.05, 0) is 43.4 Å². The molecule has 3 nitrogen and oxygen atoms in total. The first kappa shape index (κ1) is 13.2. The van der Waals surface area contributed by atoms with E-state index < -0.39 is 0 Å². The lowest BCUT2D eigenvalue weighted by atomic mass is 9.81. The van der Waals surface area contributed by atoms with Crippen molar-refractivity contribution in [1.29, 1.82) is 0 Å². The molecule has 1 aliphatic carbocycles. The summed E-state index contributed by atoms with van der Waals surface area (Å²) in [7, 11) is 0. The Labute approximate surface area is 109 Å². The minimum Gasteiger partial charge on any atom is -0.330 e. The van der Waals surface area contributed by atoms with Crippen molar-refractivity contribution < 1.29 is 4.79 Å². The maximum Gasteiger partial charge on any atom is 0.142 e. The van der Waals surface area contributed by atoms with Gasteiger partial charge in [0.15, 0.2) is 0 Å². The lowest BCUT2D eigenvalue weighted by Gasteiger charge is -2.24. The second-order valence-electron chi connectivity index (χ2n) is 5.17. The van der Waals surface area contributed by atoms with Crippen molar-refractivity contribution in [3.8, 4) is 0 Å². The third-order valence-corrected chi connectivity index (χ3v) is 3.98. The van der Waals surface area contributed by atoms with Crippen LogP contribution in [0.5, 0.6) is 0 Å². The van der Waals surface area contributed by atoms with Crippen LogP contribution in [-0.2, 0) is 11.2 Å². The molecule has 0 spiro atoms. The van der Waals surface area contributed by atoms with Crippen molar-refractivity contribution in [2.45, 2.75) is 44.9 Å². The molecule has 0 radical (unpaired) electrons. The van der Waals surface area contributed by atoms with Crippen molar-refractivity contribution in [3.63, 3.8) is 0 Å². The van der Waals surface area contributed by atoms with Crippen molar-refractivity contribution in [1.82, 2.24) is 4.98 Å². The number of fused-ring (bicyclic) bond motifs is 1. The zero-order chi connectivity index (χ0) is 13.0. The molecule has 2 N–H and O–H groups in total. The first-order valence-electron chi connectivity index (χ1n) is 6.92. The van der Waals surface area contributed by atoms with E-state index in [1.54, 1.807) is 6.20 Å². The molecule has 0 saturated heterocycles. The van der Waals surface area contributed by atoms with Gasteiger partial charge >= 0.3 is 0 Å². The number of carbonyl (C=O) groups excluding carboxylic acids is 1. The van der Waals surface area contributed by atoms with Gasteiger partial charge in [0.05, 0.1) is 11.6 Å². The monoisotopic (exact) mass is 246 g/mol. The van der Waals surface area contributed by atoms with Gasteiger partial charge in [0, 0.05) is 12.6 Å². The lowest BCUT2D eigenvalue weighted by molar-refractivity contribution is -0.121. The summed E-state index contributed by atoms with van der Waals surface area (Å²) < 4.78 is 0. The number of nitrogens with two attached hydrogens (primary N) is 1. The highest BCUT2D eigenvalue weighted by atomic mass is 16.1. The molecule has 0 aromatic carbocycles. The molecule has 1 heterocycles. The Morgan fingerprint density at radius 2 is 2.44 bits per heavy atom. The third kappa shape index (κ3) is 2.78. The van der Waals surface area contributed by atoms with E-state index >= 15 is 0 Å². The molecular formula is C15H22N2O. The van der Waals surface area contributed by atoms with Crippen LogP contribution in [0.1, 0.15) is 49.8 Å². The molecule has 18 heavy (non-hydrogen) atoms. The molecule has 0 fully saturated rings. The predicted molar refractivity (Wildman–Crippen MR) is 72.4 cm³/mol. The molecule has 0 saturated carbocycles. The van der Waals surface area contributed by atoms with Crippen LogP contribution in [0.3, 0.4) is 0 Å². The van der Waals surface area contributed by atoms with Gasteiger partial charge in [-0.2, -0.15) is 0 Å². The maximum absolute atomic E-state index is 12.4. The van der Waals surface area contributed by atoms with Crippen LogP contribution < -0.4 is 5.73 Å². The molecule has 1 aliphatic rings. The normalized spacial score (nSPS) is 20.2. The fourth-order valence-electron chi connectivity index (χ4n) is 2.74. The highest BCUT2D eigenvalue weighted by Crippen LogP contribution is 2.32. The molecular weight excluding hydrogens is 224 g/mol. The fourth-order valence-corrected chi connectivity index (χ4v) is 2.74. The Bertz CT molecular complexity index is 413. The van der Waals surface area contributed by atoms with Gasteiger partial charge in [0.1, 0.15) is 5.78 Å². The molecule has 2 atom stereocenters. The number of hydrogen-bond donors (Lipinski definition) is 1. The molecule has 1 aromatic rings. The van der Waals surface area contributed by atoms with E-state index in [0.29, 0.717) is 24.7 Å². The summed E-state index contributed by atoms with van der Waals surface area (Å²) in [5.41, 5.74) is 7.96. The molecule has 3 heteroatoms. The lowest BCUT2D eigenvalue weighted by Crippen LogP contribution is -2.24. The predicted octanol–water partition coefficient (Wildman–Crippen LogP) is 2.45. The zero-order valence-corrected chi connectivity index (χ0v) is 11.1. The molecule has 2 rings (SSSR count). The first-order valence-corrected chi connectivity index (χ1v) is 6.92. The van der Waals surface area contributed by atoms with E-state index in [4.69, 9.17) is 5.73 Å². The van der Waals surface area contributed by atoms with E-state index in [1.165, 1.54) is 5.56 Å². The summed E-state index contributed by atoms with van der Waals surface area (Å²) in [6, 6.07) is 4.06. The van der Waals surface area contributed by atoms with Gasteiger partial charge in [-0.3, -0.25) is 9.78 Å². The number of hydrogen-bond acceptors (Lipinski definition) is 3. The van der Waals surface area contributed by atoms with Crippen LogP contribution in [0.15, 0.2) is 18.3 Å². The van der Waals surface area contributed by atoms with E-state index in [2.05, 4.69) is 18.0 Å². The Balaban J connectivity index is 2.12. The van der Waals surface area contributed by atoms with Crippen LogP contribution in [0.4, 0.5) is 0 Å². The first-order chi connectivity index (χ1) is 8.76. The topological polar surface area (TPSA) is 56.0 Å². The number of aromatic nitrogens is 1. The standard InChI is InChI=1S/C15H22N2O/c1-2-11(10-16)9-14(18)13-7-3-5-12-6-4-8-17-15(12)13/h4,6,8,11,13H,2-3,5,7,9-10,16H2,1H3. The van der Waals surface area contributed by atoms with Gasteiger partial charge in [0.2, 0.25) is 0 Å². The maximum atomic E-state index is 12.4. The molecule has 98 valence electrons. The zero-order valence-electron chi connectivity index (χ0n) is 11.1. The number of pyridine rings is 1. The minimum atomic E-state index is 0.00977. The van der Waals surface area contributed by atoms with Crippen LogP contribution in [0.2, 0.25) is 0 Å². The summed E-state index contributed by atoms with van der Waals surface area (Å²) in [4.78, 5) is 16.8. The number of aryl methyl sites for hydroxylation is 1. The van der Waals surface area contributed by atoms with Crippen molar-refractivity contribution in [2.75, 3.05) is 6.54 Å². The van der Waals surface area contributed by atoms with Crippen LogP contribution in [-0.4, -0.2) is 17.3 Å². The van der Waals surface area contributed by atoms with Gasteiger partial charge in [-0.15, -0.1) is 0 Å². The van der Waals surface area contributed by atoms with Gasteiger partial charge in [-0.1, -0.05) is 19.4 Å². The number of carbonyl (C=O) groups is 1. The second-order valence-corrected chi connectivity index (χ2v) is 5.17. The van der Waals surface area contributed by atoms with Gasteiger partial charge < -0.3 is 5.73 Å². The number of nitrogens with zero attached hydrogens (tertiary/aromatic N) is 1. The van der Waals surface area contributed by atoms with E-state index in [1.807, 2.05) is 6.07 Å². The van der Waals surface area contributed by atoms with Crippen LogP contribution in [0, 0.1) is 5.92 Å². The molecule has 1 aromatic heterocycles. The second kappa shape index (κ2) is 6.10. The fraction of sp³-hybridized carbons (Fsp3) is 0.600. The highest BCUT2D eigenvalue weighted by molar-refractivity contribution is 5.86. The Kier molecular flexibility index (Phi) is 4.48. The third-order valence-electron chi connectivity index (χ3n) is 3.98. The molecule has 0 aliphatic heterocycles. The highest BCUT2D eigenvalue weighted by Gasteiger charge is 2.28. The number of ketones is 1. The van der Waals surface area contributed by atoms with Crippen LogP contribution >= 0.6 is 0 Å². The van der Waals surface area contributed by atoms with Crippen molar-refractivity contribution in [2.24, 2.45) is 11.7 Å². The van der Waals surface area contributed by atoms with E-state index in [-0.39, 0.29) is 5.92 Å². The van der Waals surface area contributed by atoms with Crippen LogP contribution in [0.25, 0.3) is 0 Å². The van der Waals surface area contributed by atoms with Crippen molar-refractivity contribution in [3.05, 3.63) is 29.6 Å². The average Bonchev–Trinajstić information content (AvgIpc) is 2.43. The molecule has 2 unspecified atom stereocenters. The Morgan fingerprint density at radius 1 is 1.61 bits per heavy atom. The Hall–Kier alpha value is -1.22. The SMILES string of the molecule is CCC(CN)CC(=O)C1CCCc2cccnc21. The van der Waals surface area contributed by atoms with Crippen molar-refractivity contribution >= 4 is 5.78 Å². The molecule has 0 amide bonds. The molecule has 0 bridgehead atoms. The summed E-state index contributed by atoms with van der Waals surface area (Å²) in [5, 5.41) is 0. The average molecular weight is 246 g/mol. The minimum absolute atomic E-state index is 0.00977. The number of rotatable bonds is 5. The summed E-state index contributed by atoms with van der Waals surface area (Å²) >= 11 is 0. The van der Waals surface area contributed by atoms with Gasteiger partial charge in [0.25, 0.3) is 0 Å². The quantitative estimate of drug-likeness (QED) is 0.868. The summed E-state index contributed by atoms with van der Waals surface area (Å²) in [6.07, 6.45) is 6.47. The summed E-state index contributed by atoms with van der Waals surface area (Å²) in [5.74, 6) is 0.661. The van der Waals surface area contributed by atoms with E-state index in [0.717, 1.165) is 31.4 Å². The van der Waals surface area contributed by atoms with Gasteiger partial charge in [-0.25, -0.2) is 0 Å².